The molecule has 0 spiro atoms. The number of hydrogen-bond donors (Lipinski definition) is 0. The van der Waals surface area contributed by atoms with Crippen LogP contribution >= 0.6 is 40.0 Å². The summed E-state index contributed by atoms with van der Waals surface area (Å²) in [4.78, 5) is 10.5. The molecule has 0 aromatic rings. The molecule has 0 bridgehead atoms. The molecule has 0 amide bonds. The van der Waals surface area contributed by atoms with E-state index in [9.17, 15) is 4.79 Å². The predicted octanol–water partition coefficient (Wildman–Crippen LogP) is 2.73. The number of esters is 1. The van der Waals surface area contributed by atoms with Gasteiger partial charge in [0, 0.05) is 0 Å². The zero-order valence-corrected chi connectivity index (χ0v) is 12.3. The van der Waals surface area contributed by atoms with Crippen molar-refractivity contribution in [1.82, 2.24) is 0 Å². The molecule has 0 radical (unpaired) electrons. The van der Waals surface area contributed by atoms with Gasteiger partial charge in [-0.3, -0.25) is 4.79 Å². The summed E-state index contributed by atoms with van der Waals surface area (Å²) in [6, 6.07) is 0. The van der Waals surface area contributed by atoms with Crippen LogP contribution in [0.3, 0.4) is 0 Å². The average Bonchev–Trinajstić information content (AvgIpc) is 1.90. The Bertz CT molecular complexity index is 150. The Morgan fingerprint density at radius 1 is 1.55 bits per heavy atom. The van der Waals surface area contributed by atoms with Crippen molar-refractivity contribution in [2.45, 2.75) is 26.9 Å². The fourth-order valence-corrected chi connectivity index (χ4v) is 0.568. The Morgan fingerprint density at radius 3 is 1.91 bits per heavy atom. The zero-order chi connectivity index (χ0) is 9.07. The first-order valence-corrected chi connectivity index (χ1v) is 12.1. The van der Waals surface area contributed by atoms with Crippen LogP contribution in [0.4, 0.5) is 0 Å². The van der Waals surface area contributed by atoms with Crippen molar-refractivity contribution in [2.24, 2.45) is 5.41 Å². The van der Waals surface area contributed by atoms with E-state index < -0.39 is 0 Å². The maximum absolute atomic E-state index is 10.5. The number of cyclic esters (lactones) is 1. The number of ether oxygens (including phenoxy) is 1. The molecule has 1 aliphatic heterocycles. The van der Waals surface area contributed by atoms with Crippen LogP contribution in [0, 0.1) is 5.41 Å². The molecule has 0 saturated carbocycles. The van der Waals surface area contributed by atoms with Crippen molar-refractivity contribution in [3.63, 3.8) is 0 Å². The fourth-order valence-electron chi connectivity index (χ4n) is 0.568. The molecule has 1 atom stereocenters. The first-order valence-electron chi connectivity index (χ1n) is 3.10. The topological polar surface area (TPSA) is 26.3 Å². The van der Waals surface area contributed by atoms with Gasteiger partial charge in [-0.15, -0.1) is 0 Å². The second kappa shape index (κ2) is 5.29. The van der Waals surface area contributed by atoms with Crippen molar-refractivity contribution in [2.75, 3.05) is 0 Å². The third-order valence-electron chi connectivity index (χ3n) is 1.83. The molecule has 1 rings (SSSR count). The third kappa shape index (κ3) is 3.40. The van der Waals surface area contributed by atoms with Gasteiger partial charge in [0.2, 0.25) is 0 Å². The van der Waals surface area contributed by atoms with E-state index in [2.05, 4.69) is 40.0 Å². The number of hydrogen-bond acceptors (Lipinski definition) is 2. The Kier molecular flexibility index (Phi) is 6.02. The molecule has 5 heteroatoms. The summed E-state index contributed by atoms with van der Waals surface area (Å²) >= 11 is 4.74. The number of carbonyl (C=O) groups excluding carboxylic acids is 1. The Balaban J connectivity index is 0.000000292. The summed E-state index contributed by atoms with van der Waals surface area (Å²) in [7, 11) is 0.628. The zero-order valence-electron chi connectivity index (χ0n) is 6.60. The summed E-state index contributed by atoms with van der Waals surface area (Å²) in [5, 5.41) is 0. The van der Waals surface area contributed by atoms with Crippen LogP contribution in [0.2, 0.25) is 0 Å². The van der Waals surface area contributed by atoms with Crippen LogP contribution in [-0.4, -0.2) is 12.1 Å². The van der Waals surface area contributed by atoms with Crippen molar-refractivity contribution < 1.29 is 19.0 Å². The van der Waals surface area contributed by atoms with Crippen LogP contribution in [0.15, 0.2) is 0 Å². The van der Waals surface area contributed by atoms with Gasteiger partial charge < -0.3 is 4.74 Å². The number of carbonyl (C=O) groups is 1. The van der Waals surface area contributed by atoms with Gasteiger partial charge in [0.1, 0.15) is 6.10 Å². The quantitative estimate of drug-likeness (QED) is 0.446. The first-order chi connectivity index (χ1) is 4.96. The van der Waals surface area contributed by atoms with Crippen LogP contribution in [0.25, 0.3) is 0 Å². The summed E-state index contributed by atoms with van der Waals surface area (Å²) in [5.74, 6) is -0.0787. The Labute approximate surface area is 96.0 Å². The second-order valence-corrected chi connectivity index (χ2v) is 14.6. The molecule has 11 heavy (non-hydrogen) atoms. The molecular formula is C6H10I2O2V. The van der Waals surface area contributed by atoms with E-state index in [1.165, 1.54) is 0 Å². The van der Waals surface area contributed by atoms with Gasteiger partial charge in [-0.05, 0) is 20.8 Å². The van der Waals surface area contributed by atoms with Crippen LogP contribution in [0.1, 0.15) is 20.8 Å². The monoisotopic (exact) mass is 419 g/mol. The summed E-state index contributed by atoms with van der Waals surface area (Å²) in [6.45, 7) is 5.69. The van der Waals surface area contributed by atoms with Crippen molar-refractivity contribution in [3.05, 3.63) is 0 Å². The van der Waals surface area contributed by atoms with Gasteiger partial charge in [-0.25, -0.2) is 0 Å². The minimum atomic E-state index is -0.222. The molecule has 65 valence electrons. The maximum atomic E-state index is 10.5. The van der Waals surface area contributed by atoms with Gasteiger partial charge in [-0.2, -0.15) is 0 Å². The van der Waals surface area contributed by atoms with E-state index in [1.54, 1.807) is 0 Å². The van der Waals surface area contributed by atoms with Gasteiger partial charge >= 0.3 is 55.4 Å². The first kappa shape index (κ1) is 12.5. The van der Waals surface area contributed by atoms with E-state index in [1.807, 2.05) is 20.8 Å². The third-order valence-corrected chi connectivity index (χ3v) is 1.83. The molecule has 1 fully saturated rings. The van der Waals surface area contributed by atoms with Crippen molar-refractivity contribution in [3.8, 4) is 0 Å². The van der Waals surface area contributed by atoms with Crippen molar-refractivity contribution >= 4 is 45.9 Å². The molecule has 0 aliphatic carbocycles. The van der Waals surface area contributed by atoms with E-state index in [4.69, 9.17) is 4.74 Å². The van der Waals surface area contributed by atoms with Crippen LogP contribution in [0.5, 0.6) is 0 Å². The molecule has 1 saturated heterocycles. The number of rotatable bonds is 0. The van der Waals surface area contributed by atoms with E-state index in [0.717, 1.165) is 0 Å². The predicted molar refractivity (Wildman–Crippen MR) is 57.4 cm³/mol. The van der Waals surface area contributed by atoms with Gasteiger partial charge in [-0.1, -0.05) is 0 Å². The minimum absolute atomic E-state index is 0.0787. The Hall–Kier alpha value is 1.51. The van der Waals surface area contributed by atoms with E-state index >= 15 is 0 Å². The van der Waals surface area contributed by atoms with E-state index in [-0.39, 0.29) is 17.5 Å². The number of halogens is 2. The van der Waals surface area contributed by atoms with Gasteiger partial charge in [0.25, 0.3) is 0 Å². The van der Waals surface area contributed by atoms with Gasteiger partial charge in [0.05, 0.1) is 5.41 Å². The van der Waals surface area contributed by atoms with E-state index in [0.29, 0.717) is 9.47 Å². The van der Waals surface area contributed by atoms with Crippen molar-refractivity contribution in [1.29, 1.82) is 0 Å². The molecular weight excluding hydrogens is 409 g/mol. The molecule has 2 nitrogen and oxygen atoms in total. The average molecular weight is 419 g/mol. The molecule has 1 unspecified atom stereocenters. The standard InChI is InChI=1S/C6H10O2.2HI.V/c1-4-6(2,3)5(7)8-4;;;/h4H,1-3H3;2*1H;/q;;;+2/p-2. The van der Waals surface area contributed by atoms with Crippen LogP contribution in [-0.2, 0) is 19.0 Å². The molecule has 1 heterocycles. The summed E-state index contributed by atoms with van der Waals surface area (Å²) in [6.07, 6.45) is 0.106. The molecule has 0 N–H and O–H groups in total. The molecule has 1 aliphatic rings. The second-order valence-electron chi connectivity index (χ2n) is 2.83. The molecule has 0 aromatic carbocycles. The van der Waals surface area contributed by atoms with Crippen LogP contribution < -0.4 is 0 Å². The van der Waals surface area contributed by atoms with Gasteiger partial charge in [0.15, 0.2) is 0 Å². The summed E-state index contributed by atoms with van der Waals surface area (Å²) < 4.78 is 4.72. The molecule has 0 aromatic heterocycles. The summed E-state index contributed by atoms with van der Waals surface area (Å²) in [5.41, 5.74) is -0.222. The SMILES string of the molecule is CC1OC(=O)C1(C)C.[I][V][I]. The normalized spacial score (nSPS) is 25.5. The fraction of sp³-hybridized carbons (Fsp3) is 0.833. The Morgan fingerprint density at radius 2 is 1.91 bits per heavy atom.